The topological polar surface area (TPSA) is 61.5 Å². The standard InChI is InChI=1S/C15H17NO3S/c1-3-18-11-7-5-10(6-8-11)13-12(9-20-14(13)16)15(17)19-4-2/h5-9H,3-4,16H2,1-2H3. The van der Waals surface area contributed by atoms with E-state index < -0.39 is 0 Å². The van der Waals surface area contributed by atoms with Crippen LogP contribution in [0.2, 0.25) is 0 Å². The van der Waals surface area contributed by atoms with E-state index in [2.05, 4.69) is 0 Å². The summed E-state index contributed by atoms with van der Waals surface area (Å²) in [7, 11) is 0. The molecule has 106 valence electrons. The van der Waals surface area contributed by atoms with Crippen LogP contribution in [0.5, 0.6) is 5.75 Å². The minimum absolute atomic E-state index is 0.343. The lowest BCUT2D eigenvalue weighted by Gasteiger charge is -2.07. The Morgan fingerprint density at radius 3 is 2.50 bits per heavy atom. The molecular weight excluding hydrogens is 274 g/mol. The molecule has 2 aromatic rings. The highest BCUT2D eigenvalue weighted by atomic mass is 32.1. The SMILES string of the molecule is CCOC(=O)c1csc(N)c1-c1ccc(OCC)cc1. The van der Waals surface area contributed by atoms with Crippen LogP contribution in [0.15, 0.2) is 29.6 Å². The predicted molar refractivity (Wildman–Crippen MR) is 81.3 cm³/mol. The Kier molecular flexibility index (Phi) is 4.63. The van der Waals surface area contributed by atoms with Crippen LogP contribution in [0.3, 0.4) is 0 Å². The maximum absolute atomic E-state index is 11.9. The van der Waals surface area contributed by atoms with Gasteiger partial charge in [0.15, 0.2) is 0 Å². The Bertz CT molecular complexity index is 590. The summed E-state index contributed by atoms with van der Waals surface area (Å²) in [5.74, 6) is 0.451. The number of hydrogen-bond acceptors (Lipinski definition) is 5. The molecule has 0 aliphatic carbocycles. The molecule has 1 aromatic carbocycles. The quantitative estimate of drug-likeness (QED) is 0.855. The lowest BCUT2D eigenvalue weighted by atomic mass is 10.0. The van der Waals surface area contributed by atoms with Crippen LogP contribution < -0.4 is 10.5 Å². The van der Waals surface area contributed by atoms with Gasteiger partial charge in [0, 0.05) is 10.9 Å². The van der Waals surface area contributed by atoms with Crippen LogP contribution in [-0.4, -0.2) is 19.2 Å². The molecule has 20 heavy (non-hydrogen) atoms. The van der Waals surface area contributed by atoms with Gasteiger partial charge in [-0.1, -0.05) is 12.1 Å². The molecule has 0 aliphatic heterocycles. The fourth-order valence-electron chi connectivity index (χ4n) is 1.91. The molecule has 1 heterocycles. The molecule has 0 fully saturated rings. The van der Waals surface area contributed by atoms with Gasteiger partial charge in [0.2, 0.25) is 0 Å². The predicted octanol–water partition coefficient (Wildman–Crippen LogP) is 3.57. The van der Waals surface area contributed by atoms with Crippen LogP contribution in [0, 0.1) is 0 Å². The number of nitrogens with two attached hydrogens (primary N) is 1. The molecule has 0 bridgehead atoms. The number of anilines is 1. The number of carbonyl (C=O) groups is 1. The molecule has 0 saturated heterocycles. The van der Waals surface area contributed by atoms with Crippen LogP contribution in [0.4, 0.5) is 5.00 Å². The third-order valence-corrected chi connectivity index (χ3v) is 3.58. The van der Waals surface area contributed by atoms with Gasteiger partial charge in [0.05, 0.1) is 23.8 Å². The van der Waals surface area contributed by atoms with Gasteiger partial charge in [-0.25, -0.2) is 4.79 Å². The first-order valence-electron chi connectivity index (χ1n) is 6.44. The number of benzene rings is 1. The highest BCUT2D eigenvalue weighted by Crippen LogP contribution is 2.36. The Balaban J connectivity index is 2.36. The normalized spacial score (nSPS) is 10.3. The first-order chi connectivity index (χ1) is 9.67. The fraction of sp³-hybridized carbons (Fsp3) is 0.267. The third-order valence-electron chi connectivity index (χ3n) is 2.77. The average Bonchev–Trinajstić information content (AvgIpc) is 2.82. The summed E-state index contributed by atoms with van der Waals surface area (Å²) in [5, 5.41) is 2.34. The summed E-state index contributed by atoms with van der Waals surface area (Å²) < 4.78 is 10.5. The molecule has 4 nitrogen and oxygen atoms in total. The maximum Gasteiger partial charge on any atom is 0.339 e. The first-order valence-corrected chi connectivity index (χ1v) is 7.32. The summed E-state index contributed by atoms with van der Waals surface area (Å²) in [6, 6.07) is 7.52. The van der Waals surface area contributed by atoms with Crippen LogP contribution >= 0.6 is 11.3 Å². The smallest absolute Gasteiger partial charge is 0.339 e. The lowest BCUT2D eigenvalue weighted by molar-refractivity contribution is 0.0528. The van der Waals surface area contributed by atoms with Gasteiger partial charge in [0.25, 0.3) is 0 Å². The van der Waals surface area contributed by atoms with E-state index in [0.717, 1.165) is 16.9 Å². The summed E-state index contributed by atoms with van der Waals surface area (Å²) in [5.41, 5.74) is 8.11. The van der Waals surface area contributed by atoms with Crippen molar-refractivity contribution in [3.05, 3.63) is 35.2 Å². The number of rotatable bonds is 5. The van der Waals surface area contributed by atoms with E-state index in [0.29, 0.717) is 23.8 Å². The maximum atomic E-state index is 11.9. The molecular formula is C15H17NO3S. The number of hydrogen-bond donors (Lipinski definition) is 1. The van der Waals surface area contributed by atoms with E-state index >= 15 is 0 Å². The second kappa shape index (κ2) is 6.43. The molecule has 0 radical (unpaired) electrons. The van der Waals surface area contributed by atoms with E-state index in [-0.39, 0.29) is 5.97 Å². The van der Waals surface area contributed by atoms with E-state index in [1.54, 1.807) is 12.3 Å². The second-order valence-electron chi connectivity index (χ2n) is 4.07. The lowest BCUT2D eigenvalue weighted by Crippen LogP contribution is -2.05. The number of carbonyl (C=O) groups excluding carboxylic acids is 1. The molecule has 0 aliphatic rings. The largest absolute Gasteiger partial charge is 0.494 e. The summed E-state index contributed by atoms with van der Waals surface area (Å²) in [4.78, 5) is 11.9. The average molecular weight is 291 g/mol. The first kappa shape index (κ1) is 14.4. The van der Waals surface area contributed by atoms with E-state index in [1.165, 1.54) is 11.3 Å². The van der Waals surface area contributed by atoms with Crippen molar-refractivity contribution in [1.82, 2.24) is 0 Å². The van der Waals surface area contributed by atoms with Gasteiger partial charge in [-0.15, -0.1) is 11.3 Å². The van der Waals surface area contributed by atoms with Gasteiger partial charge in [0.1, 0.15) is 5.75 Å². The molecule has 0 unspecified atom stereocenters. The molecule has 0 atom stereocenters. The Labute approximate surface area is 122 Å². The van der Waals surface area contributed by atoms with Crippen molar-refractivity contribution >= 4 is 22.3 Å². The van der Waals surface area contributed by atoms with Gasteiger partial charge < -0.3 is 15.2 Å². The van der Waals surface area contributed by atoms with Crippen molar-refractivity contribution in [3.8, 4) is 16.9 Å². The summed E-state index contributed by atoms with van der Waals surface area (Å²) in [6.07, 6.45) is 0. The van der Waals surface area contributed by atoms with Crippen molar-refractivity contribution in [2.45, 2.75) is 13.8 Å². The van der Waals surface area contributed by atoms with Crippen molar-refractivity contribution < 1.29 is 14.3 Å². The van der Waals surface area contributed by atoms with Crippen molar-refractivity contribution in [1.29, 1.82) is 0 Å². The van der Waals surface area contributed by atoms with Crippen molar-refractivity contribution in [2.75, 3.05) is 18.9 Å². The Hall–Kier alpha value is -2.01. The second-order valence-corrected chi connectivity index (χ2v) is 4.98. The van der Waals surface area contributed by atoms with Crippen LogP contribution in [-0.2, 0) is 4.74 Å². The van der Waals surface area contributed by atoms with Gasteiger partial charge in [-0.2, -0.15) is 0 Å². The number of nitrogen functional groups attached to an aromatic ring is 1. The fourth-order valence-corrected chi connectivity index (χ4v) is 2.72. The molecule has 5 heteroatoms. The molecule has 0 amide bonds. The summed E-state index contributed by atoms with van der Waals surface area (Å²) >= 11 is 1.34. The molecule has 0 spiro atoms. The minimum atomic E-state index is -0.343. The van der Waals surface area contributed by atoms with Crippen molar-refractivity contribution in [3.63, 3.8) is 0 Å². The molecule has 2 N–H and O–H groups in total. The highest BCUT2D eigenvalue weighted by molar-refractivity contribution is 7.15. The number of esters is 1. The van der Waals surface area contributed by atoms with E-state index in [9.17, 15) is 4.79 Å². The molecule has 2 rings (SSSR count). The molecule has 0 saturated carbocycles. The highest BCUT2D eigenvalue weighted by Gasteiger charge is 2.18. The molecule has 1 aromatic heterocycles. The van der Waals surface area contributed by atoms with Crippen molar-refractivity contribution in [2.24, 2.45) is 0 Å². The van der Waals surface area contributed by atoms with Gasteiger partial charge >= 0.3 is 5.97 Å². The van der Waals surface area contributed by atoms with Gasteiger partial charge in [-0.05, 0) is 31.5 Å². The number of ether oxygens (including phenoxy) is 2. The van der Waals surface area contributed by atoms with E-state index in [4.69, 9.17) is 15.2 Å². The summed E-state index contributed by atoms with van der Waals surface area (Å²) in [6.45, 7) is 4.68. The third kappa shape index (κ3) is 2.93. The zero-order chi connectivity index (χ0) is 14.5. The zero-order valence-corrected chi connectivity index (χ0v) is 12.3. The Morgan fingerprint density at radius 2 is 1.90 bits per heavy atom. The minimum Gasteiger partial charge on any atom is -0.494 e. The zero-order valence-electron chi connectivity index (χ0n) is 11.5. The van der Waals surface area contributed by atoms with Crippen LogP contribution in [0.25, 0.3) is 11.1 Å². The number of thiophene rings is 1. The Morgan fingerprint density at radius 1 is 1.20 bits per heavy atom. The van der Waals surface area contributed by atoms with Gasteiger partial charge in [-0.3, -0.25) is 0 Å². The monoisotopic (exact) mass is 291 g/mol. The van der Waals surface area contributed by atoms with Crippen LogP contribution in [0.1, 0.15) is 24.2 Å². The van der Waals surface area contributed by atoms with E-state index in [1.807, 2.05) is 31.2 Å².